The van der Waals surface area contributed by atoms with Crippen molar-refractivity contribution >= 4 is 9.84 Å². The maximum Gasteiger partial charge on any atom is 0.159 e. The Hall–Kier alpha value is -1.01. The van der Waals surface area contributed by atoms with Gasteiger partial charge in [-0.25, -0.2) is 17.2 Å². The van der Waals surface area contributed by atoms with E-state index in [0.29, 0.717) is 5.56 Å². The monoisotopic (exact) mass is 249 g/mol. The Labute approximate surface area is 93.2 Å². The molecule has 0 aliphatic carbocycles. The number of benzene rings is 1. The molecule has 1 aromatic carbocycles. The van der Waals surface area contributed by atoms with Crippen molar-refractivity contribution in [1.29, 1.82) is 0 Å². The minimum Gasteiger partial charge on any atom is -0.324 e. The highest BCUT2D eigenvalue weighted by atomic mass is 32.2. The second-order valence-electron chi connectivity index (χ2n) is 3.70. The highest BCUT2D eigenvalue weighted by Gasteiger charge is 2.12. The van der Waals surface area contributed by atoms with Crippen molar-refractivity contribution in [3.63, 3.8) is 0 Å². The van der Waals surface area contributed by atoms with Crippen LogP contribution in [0.25, 0.3) is 0 Å². The molecule has 1 atom stereocenters. The summed E-state index contributed by atoms with van der Waals surface area (Å²) < 4.78 is 47.3. The van der Waals surface area contributed by atoms with Crippen LogP contribution in [-0.2, 0) is 9.84 Å². The van der Waals surface area contributed by atoms with Crippen LogP contribution in [0.4, 0.5) is 8.78 Å². The Morgan fingerprint density at radius 3 is 2.44 bits per heavy atom. The average molecular weight is 249 g/mol. The standard InChI is InChI=1S/C10H13F2NO2S/c1-16(14,15)5-4-10(13)7-2-3-8(11)9(12)6-7/h2-3,6,10H,4-5,13H2,1H3. The molecule has 0 spiro atoms. The zero-order chi connectivity index (χ0) is 12.3. The third kappa shape index (κ3) is 3.86. The summed E-state index contributed by atoms with van der Waals surface area (Å²) in [4.78, 5) is 0. The van der Waals surface area contributed by atoms with E-state index in [1.807, 2.05) is 0 Å². The van der Waals surface area contributed by atoms with Gasteiger partial charge >= 0.3 is 0 Å². The van der Waals surface area contributed by atoms with E-state index in [-0.39, 0.29) is 12.2 Å². The van der Waals surface area contributed by atoms with E-state index in [2.05, 4.69) is 0 Å². The largest absolute Gasteiger partial charge is 0.324 e. The molecule has 0 heterocycles. The second-order valence-corrected chi connectivity index (χ2v) is 5.96. The Balaban J connectivity index is 2.73. The van der Waals surface area contributed by atoms with Gasteiger partial charge in [-0.3, -0.25) is 0 Å². The first-order valence-electron chi connectivity index (χ1n) is 4.68. The molecular formula is C10H13F2NO2S. The summed E-state index contributed by atoms with van der Waals surface area (Å²) in [6, 6.07) is 2.71. The van der Waals surface area contributed by atoms with Crippen LogP contribution in [-0.4, -0.2) is 20.4 Å². The van der Waals surface area contributed by atoms with Gasteiger partial charge in [-0.15, -0.1) is 0 Å². The lowest BCUT2D eigenvalue weighted by Crippen LogP contribution is -2.16. The van der Waals surface area contributed by atoms with Crippen molar-refractivity contribution < 1.29 is 17.2 Å². The van der Waals surface area contributed by atoms with E-state index in [0.717, 1.165) is 18.4 Å². The molecule has 0 radical (unpaired) electrons. The minimum atomic E-state index is -3.09. The van der Waals surface area contributed by atoms with Gasteiger partial charge in [-0.1, -0.05) is 6.07 Å². The van der Waals surface area contributed by atoms with Crippen LogP contribution in [0, 0.1) is 11.6 Å². The normalized spacial score (nSPS) is 13.8. The van der Waals surface area contributed by atoms with E-state index in [1.54, 1.807) is 0 Å². The zero-order valence-electron chi connectivity index (χ0n) is 8.78. The summed E-state index contributed by atoms with van der Waals surface area (Å²) in [5, 5.41) is 0. The Kier molecular flexibility index (Phi) is 3.98. The molecule has 0 aliphatic heterocycles. The molecule has 0 saturated heterocycles. The van der Waals surface area contributed by atoms with Gasteiger partial charge in [0.2, 0.25) is 0 Å². The van der Waals surface area contributed by atoms with E-state index < -0.39 is 27.5 Å². The van der Waals surface area contributed by atoms with Crippen molar-refractivity contribution in [2.45, 2.75) is 12.5 Å². The predicted octanol–water partition coefficient (Wildman–Crippen LogP) is 1.40. The SMILES string of the molecule is CS(=O)(=O)CCC(N)c1ccc(F)c(F)c1. The number of hydrogen-bond acceptors (Lipinski definition) is 3. The van der Waals surface area contributed by atoms with Gasteiger partial charge in [0.1, 0.15) is 9.84 Å². The Morgan fingerprint density at radius 2 is 1.94 bits per heavy atom. The summed E-state index contributed by atoms with van der Waals surface area (Å²) in [5.74, 6) is -2.00. The lowest BCUT2D eigenvalue weighted by Gasteiger charge is -2.11. The molecule has 0 aromatic heterocycles. The molecule has 0 fully saturated rings. The molecule has 16 heavy (non-hydrogen) atoms. The molecule has 1 aromatic rings. The minimum absolute atomic E-state index is 0.0762. The highest BCUT2D eigenvalue weighted by Crippen LogP contribution is 2.17. The van der Waals surface area contributed by atoms with E-state index in [9.17, 15) is 17.2 Å². The van der Waals surface area contributed by atoms with Gasteiger partial charge in [-0.2, -0.15) is 0 Å². The molecule has 0 amide bonds. The van der Waals surface area contributed by atoms with Crippen molar-refractivity contribution in [2.75, 3.05) is 12.0 Å². The van der Waals surface area contributed by atoms with Crippen LogP contribution < -0.4 is 5.73 Å². The Morgan fingerprint density at radius 1 is 1.31 bits per heavy atom. The summed E-state index contributed by atoms with van der Waals surface area (Å²) in [5.41, 5.74) is 6.06. The van der Waals surface area contributed by atoms with Crippen LogP contribution in [0.15, 0.2) is 18.2 Å². The van der Waals surface area contributed by atoms with Crippen molar-refractivity contribution in [3.05, 3.63) is 35.4 Å². The Bertz CT molecular complexity index is 474. The lowest BCUT2D eigenvalue weighted by molar-refractivity contribution is 0.504. The third-order valence-corrected chi connectivity index (χ3v) is 3.15. The quantitative estimate of drug-likeness (QED) is 0.877. The van der Waals surface area contributed by atoms with Gasteiger partial charge in [-0.05, 0) is 24.1 Å². The van der Waals surface area contributed by atoms with Gasteiger partial charge in [0.25, 0.3) is 0 Å². The molecule has 90 valence electrons. The molecule has 0 saturated carbocycles. The first-order chi connectivity index (χ1) is 7.29. The summed E-state index contributed by atoms with van der Waals surface area (Å²) >= 11 is 0. The fourth-order valence-electron chi connectivity index (χ4n) is 1.25. The zero-order valence-corrected chi connectivity index (χ0v) is 9.60. The summed E-state index contributed by atoms with van der Waals surface area (Å²) in [6.07, 6.45) is 1.29. The van der Waals surface area contributed by atoms with E-state index in [1.165, 1.54) is 6.07 Å². The van der Waals surface area contributed by atoms with Crippen molar-refractivity contribution in [1.82, 2.24) is 0 Å². The fraction of sp³-hybridized carbons (Fsp3) is 0.400. The number of hydrogen-bond donors (Lipinski definition) is 1. The first-order valence-corrected chi connectivity index (χ1v) is 6.74. The predicted molar refractivity (Wildman–Crippen MR) is 57.6 cm³/mol. The molecular weight excluding hydrogens is 236 g/mol. The lowest BCUT2D eigenvalue weighted by atomic mass is 10.1. The van der Waals surface area contributed by atoms with Gasteiger partial charge in [0.15, 0.2) is 11.6 Å². The summed E-state index contributed by atoms with van der Waals surface area (Å²) in [7, 11) is -3.09. The van der Waals surface area contributed by atoms with Gasteiger partial charge < -0.3 is 5.73 Å². The van der Waals surface area contributed by atoms with Crippen LogP contribution in [0.3, 0.4) is 0 Å². The fourth-order valence-corrected chi connectivity index (χ4v) is 1.93. The van der Waals surface area contributed by atoms with Crippen LogP contribution in [0.2, 0.25) is 0 Å². The van der Waals surface area contributed by atoms with Gasteiger partial charge in [0.05, 0.1) is 5.75 Å². The van der Waals surface area contributed by atoms with Crippen molar-refractivity contribution in [2.24, 2.45) is 5.73 Å². The molecule has 0 aliphatic rings. The molecule has 1 rings (SSSR count). The second kappa shape index (κ2) is 4.88. The van der Waals surface area contributed by atoms with Crippen LogP contribution in [0.1, 0.15) is 18.0 Å². The topological polar surface area (TPSA) is 60.2 Å². The van der Waals surface area contributed by atoms with Gasteiger partial charge in [0, 0.05) is 12.3 Å². The van der Waals surface area contributed by atoms with E-state index >= 15 is 0 Å². The number of nitrogens with two attached hydrogens (primary N) is 1. The number of halogens is 2. The van der Waals surface area contributed by atoms with Crippen molar-refractivity contribution in [3.8, 4) is 0 Å². The van der Waals surface area contributed by atoms with Crippen LogP contribution >= 0.6 is 0 Å². The molecule has 1 unspecified atom stereocenters. The molecule has 3 nitrogen and oxygen atoms in total. The number of sulfone groups is 1. The van der Waals surface area contributed by atoms with Crippen LogP contribution in [0.5, 0.6) is 0 Å². The summed E-state index contributed by atoms with van der Waals surface area (Å²) in [6.45, 7) is 0. The molecule has 2 N–H and O–H groups in total. The third-order valence-electron chi connectivity index (χ3n) is 2.17. The maximum atomic E-state index is 12.9. The van der Waals surface area contributed by atoms with E-state index in [4.69, 9.17) is 5.73 Å². The smallest absolute Gasteiger partial charge is 0.159 e. The highest BCUT2D eigenvalue weighted by molar-refractivity contribution is 7.90. The first kappa shape index (κ1) is 13.1. The molecule has 6 heteroatoms. The number of rotatable bonds is 4. The molecule has 0 bridgehead atoms. The maximum absolute atomic E-state index is 12.9. The average Bonchev–Trinajstić information content (AvgIpc) is 2.17.